The van der Waals surface area contributed by atoms with Crippen LogP contribution < -0.4 is 5.32 Å². The highest BCUT2D eigenvalue weighted by atomic mass is 16.3. The molecule has 0 spiro atoms. The fourth-order valence-corrected chi connectivity index (χ4v) is 2.90. The van der Waals surface area contributed by atoms with Gasteiger partial charge in [0.15, 0.2) is 0 Å². The molecule has 1 fully saturated rings. The highest BCUT2D eigenvalue weighted by Gasteiger charge is 2.24. The molecule has 0 aromatic carbocycles. The standard InChI is InChI=1S/C12H20N4O/c17-8-9-3-4-11-14-15-12(16(11)7-9)6-10-2-1-5-13-10/h9-10,13,17H,1-8H2. The minimum Gasteiger partial charge on any atom is -0.396 e. The zero-order valence-corrected chi connectivity index (χ0v) is 10.1. The molecular formula is C12H20N4O. The van der Waals surface area contributed by atoms with Crippen molar-refractivity contribution in [3.05, 3.63) is 11.6 Å². The first kappa shape index (κ1) is 11.2. The van der Waals surface area contributed by atoms with E-state index in [1.807, 2.05) is 0 Å². The lowest BCUT2D eigenvalue weighted by Crippen LogP contribution is -2.28. The summed E-state index contributed by atoms with van der Waals surface area (Å²) in [7, 11) is 0. The van der Waals surface area contributed by atoms with Crippen LogP contribution in [0.4, 0.5) is 0 Å². The maximum atomic E-state index is 9.26. The molecule has 94 valence electrons. The summed E-state index contributed by atoms with van der Waals surface area (Å²) in [5.41, 5.74) is 0. The van der Waals surface area contributed by atoms with Crippen molar-refractivity contribution >= 4 is 0 Å². The van der Waals surface area contributed by atoms with Crippen LogP contribution in [-0.2, 0) is 19.4 Å². The molecule has 1 aromatic rings. The van der Waals surface area contributed by atoms with Crippen molar-refractivity contribution in [2.45, 2.75) is 44.7 Å². The normalized spacial score (nSPS) is 28.3. The van der Waals surface area contributed by atoms with Gasteiger partial charge in [0, 0.05) is 38.0 Å². The van der Waals surface area contributed by atoms with Crippen LogP contribution in [0.15, 0.2) is 0 Å². The molecule has 5 nitrogen and oxygen atoms in total. The number of rotatable bonds is 3. The van der Waals surface area contributed by atoms with Gasteiger partial charge in [-0.15, -0.1) is 10.2 Å². The van der Waals surface area contributed by atoms with Crippen LogP contribution in [0.1, 0.15) is 30.9 Å². The van der Waals surface area contributed by atoms with Crippen LogP contribution in [0, 0.1) is 5.92 Å². The van der Waals surface area contributed by atoms with Gasteiger partial charge in [-0.1, -0.05) is 0 Å². The summed E-state index contributed by atoms with van der Waals surface area (Å²) in [6.45, 7) is 2.30. The van der Waals surface area contributed by atoms with E-state index in [1.165, 1.54) is 12.8 Å². The maximum absolute atomic E-state index is 9.26. The first-order valence-corrected chi connectivity index (χ1v) is 6.62. The summed E-state index contributed by atoms with van der Waals surface area (Å²) in [5, 5.41) is 21.4. The Kier molecular flexibility index (Phi) is 3.11. The molecule has 0 saturated carbocycles. The monoisotopic (exact) mass is 236 g/mol. The minimum absolute atomic E-state index is 0.277. The molecule has 2 unspecified atom stereocenters. The third kappa shape index (κ3) is 2.21. The van der Waals surface area contributed by atoms with Gasteiger partial charge in [-0.25, -0.2) is 0 Å². The lowest BCUT2D eigenvalue weighted by molar-refractivity contribution is 0.189. The lowest BCUT2D eigenvalue weighted by atomic mass is 10.00. The average molecular weight is 236 g/mol. The molecule has 17 heavy (non-hydrogen) atoms. The smallest absolute Gasteiger partial charge is 0.134 e. The molecule has 3 heterocycles. The van der Waals surface area contributed by atoms with Gasteiger partial charge >= 0.3 is 0 Å². The van der Waals surface area contributed by atoms with E-state index in [-0.39, 0.29) is 6.61 Å². The number of fused-ring (bicyclic) bond motifs is 1. The van der Waals surface area contributed by atoms with Crippen molar-refractivity contribution < 1.29 is 5.11 Å². The summed E-state index contributed by atoms with van der Waals surface area (Å²) in [6.07, 6.45) is 5.48. The molecule has 0 amide bonds. The van der Waals surface area contributed by atoms with E-state index < -0.39 is 0 Å². The van der Waals surface area contributed by atoms with Gasteiger partial charge in [0.2, 0.25) is 0 Å². The Bertz CT molecular complexity index is 384. The molecular weight excluding hydrogens is 216 g/mol. The molecule has 5 heteroatoms. The summed E-state index contributed by atoms with van der Waals surface area (Å²) < 4.78 is 2.23. The quantitative estimate of drug-likeness (QED) is 0.783. The molecule has 0 bridgehead atoms. The predicted octanol–water partition coefficient (Wildman–Crippen LogP) is 0.127. The number of aliphatic hydroxyl groups excluding tert-OH is 1. The molecule has 2 N–H and O–H groups in total. The number of hydrogen-bond donors (Lipinski definition) is 2. The molecule has 1 aromatic heterocycles. The summed E-state index contributed by atoms with van der Waals surface area (Å²) in [4.78, 5) is 0. The first-order chi connectivity index (χ1) is 8.36. The topological polar surface area (TPSA) is 63.0 Å². The van der Waals surface area contributed by atoms with Gasteiger partial charge in [0.25, 0.3) is 0 Å². The van der Waals surface area contributed by atoms with Crippen LogP contribution in [0.2, 0.25) is 0 Å². The third-order valence-corrected chi connectivity index (χ3v) is 3.97. The van der Waals surface area contributed by atoms with Crippen molar-refractivity contribution in [3.8, 4) is 0 Å². The zero-order chi connectivity index (χ0) is 11.7. The highest BCUT2D eigenvalue weighted by molar-refractivity contribution is 5.02. The summed E-state index contributed by atoms with van der Waals surface area (Å²) in [5.74, 6) is 2.58. The number of hydrogen-bond acceptors (Lipinski definition) is 4. The number of aryl methyl sites for hydroxylation is 1. The molecule has 0 radical (unpaired) electrons. The molecule has 2 atom stereocenters. The van der Waals surface area contributed by atoms with Crippen molar-refractivity contribution in [3.63, 3.8) is 0 Å². The van der Waals surface area contributed by atoms with Crippen LogP contribution >= 0.6 is 0 Å². The SMILES string of the molecule is OCC1CCc2nnc(CC3CCCN3)n2C1. The van der Waals surface area contributed by atoms with Crippen molar-refractivity contribution in [2.75, 3.05) is 13.2 Å². The van der Waals surface area contributed by atoms with Crippen LogP contribution in [0.5, 0.6) is 0 Å². The molecule has 1 saturated heterocycles. The molecule has 2 aliphatic heterocycles. The van der Waals surface area contributed by atoms with E-state index in [0.717, 1.165) is 44.0 Å². The van der Waals surface area contributed by atoms with E-state index in [0.29, 0.717) is 12.0 Å². The Morgan fingerprint density at radius 3 is 3.06 bits per heavy atom. The second-order valence-corrected chi connectivity index (χ2v) is 5.23. The van der Waals surface area contributed by atoms with E-state index in [2.05, 4.69) is 20.1 Å². The zero-order valence-electron chi connectivity index (χ0n) is 10.1. The Morgan fingerprint density at radius 1 is 1.35 bits per heavy atom. The molecule has 3 rings (SSSR count). The van der Waals surface area contributed by atoms with Crippen LogP contribution in [0.25, 0.3) is 0 Å². The largest absolute Gasteiger partial charge is 0.396 e. The maximum Gasteiger partial charge on any atom is 0.134 e. The van der Waals surface area contributed by atoms with Crippen LogP contribution in [-0.4, -0.2) is 39.1 Å². The summed E-state index contributed by atoms with van der Waals surface area (Å²) >= 11 is 0. The number of nitrogens with one attached hydrogen (secondary N) is 1. The predicted molar refractivity (Wildman–Crippen MR) is 63.6 cm³/mol. The van der Waals surface area contributed by atoms with E-state index in [4.69, 9.17) is 0 Å². The lowest BCUT2D eigenvalue weighted by Gasteiger charge is -2.23. The van der Waals surface area contributed by atoms with Gasteiger partial charge in [-0.3, -0.25) is 0 Å². The Labute approximate surface area is 101 Å². The average Bonchev–Trinajstić information content (AvgIpc) is 2.99. The number of aliphatic hydroxyl groups is 1. The third-order valence-electron chi connectivity index (χ3n) is 3.97. The van der Waals surface area contributed by atoms with Crippen molar-refractivity contribution in [1.82, 2.24) is 20.1 Å². The fraction of sp³-hybridized carbons (Fsp3) is 0.833. The number of nitrogens with zero attached hydrogens (tertiary/aromatic N) is 3. The Hall–Kier alpha value is -0.940. The second-order valence-electron chi connectivity index (χ2n) is 5.23. The van der Waals surface area contributed by atoms with Gasteiger partial charge in [-0.2, -0.15) is 0 Å². The van der Waals surface area contributed by atoms with Gasteiger partial charge < -0.3 is 15.0 Å². The van der Waals surface area contributed by atoms with Crippen molar-refractivity contribution in [2.24, 2.45) is 5.92 Å². The van der Waals surface area contributed by atoms with E-state index in [1.54, 1.807) is 0 Å². The van der Waals surface area contributed by atoms with Crippen LogP contribution in [0.3, 0.4) is 0 Å². The van der Waals surface area contributed by atoms with Gasteiger partial charge in [-0.05, 0) is 25.8 Å². The van der Waals surface area contributed by atoms with Gasteiger partial charge in [0.1, 0.15) is 11.6 Å². The second kappa shape index (κ2) is 4.74. The molecule has 2 aliphatic rings. The number of aromatic nitrogens is 3. The Morgan fingerprint density at radius 2 is 2.29 bits per heavy atom. The van der Waals surface area contributed by atoms with Gasteiger partial charge in [0.05, 0.1) is 0 Å². The minimum atomic E-state index is 0.277. The molecule has 0 aliphatic carbocycles. The van der Waals surface area contributed by atoms with E-state index >= 15 is 0 Å². The highest BCUT2D eigenvalue weighted by Crippen LogP contribution is 2.21. The Balaban J connectivity index is 1.74. The van der Waals surface area contributed by atoms with E-state index in [9.17, 15) is 5.11 Å². The first-order valence-electron chi connectivity index (χ1n) is 6.62. The summed E-state index contributed by atoms with van der Waals surface area (Å²) in [6, 6.07) is 0.567. The fourth-order valence-electron chi connectivity index (χ4n) is 2.90. The van der Waals surface area contributed by atoms with Crippen molar-refractivity contribution in [1.29, 1.82) is 0 Å².